The number of hydrogen-bond acceptors (Lipinski definition) is 3. The van der Waals surface area contributed by atoms with Gasteiger partial charge in [0.2, 0.25) is 0 Å². The van der Waals surface area contributed by atoms with Crippen LogP contribution in [0.15, 0.2) is 4.40 Å². The van der Waals surface area contributed by atoms with E-state index in [1.807, 2.05) is 20.8 Å². The normalized spacial score (nSPS) is 16.5. The predicted molar refractivity (Wildman–Crippen MR) is 79.5 cm³/mol. The van der Waals surface area contributed by atoms with Crippen LogP contribution in [0.25, 0.3) is 0 Å². The smallest absolute Gasteiger partial charge is 0.192 e. The molecular weight excluding hydrogens is 250 g/mol. The zero-order chi connectivity index (χ0) is 13.9. The Bertz CT molecular complexity index is 267. The molecular formula is C12H27NO2SSi. The van der Waals surface area contributed by atoms with E-state index in [-0.39, 0.29) is 9.79 Å². The molecule has 0 aliphatic rings. The first-order chi connectivity index (χ1) is 7.38. The fourth-order valence-corrected chi connectivity index (χ4v) is 2.16. The van der Waals surface area contributed by atoms with E-state index < -0.39 is 19.7 Å². The molecule has 0 heterocycles. The standard InChI is InChI=1S/C12H27NO2SSi/c1-11(2,3)16(14)13-9-10-15-17(7,8)12(4,5)6/h9H,10H2,1-8H3/b13-9-/t16-/m1/s1. The lowest BCUT2D eigenvalue weighted by atomic mass is 10.2. The van der Waals surface area contributed by atoms with Crippen LogP contribution in [-0.2, 0) is 15.8 Å². The lowest BCUT2D eigenvalue weighted by Gasteiger charge is -2.35. The summed E-state index contributed by atoms with van der Waals surface area (Å²) >= 11 is -1.18. The van der Waals surface area contributed by atoms with Gasteiger partial charge in [0, 0.05) is 0 Å². The summed E-state index contributed by atoms with van der Waals surface area (Å²) in [4.78, 5) is 0. The van der Waals surface area contributed by atoms with Crippen molar-refractivity contribution in [2.75, 3.05) is 6.61 Å². The van der Waals surface area contributed by atoms with Crippen LogP contribution in [0, 0.1) is 0 Å². The summed E-state index contributed by atoms with van der Waals surface area (Å²) in [6, 6.07) is 0. The molecule has 0 aromatic carbocycles. The molecule has 5 heteroatoms. The lowest BCUT2D eigenvalue weighted by Crippen LogP contribution is -2.41. The zero-order valence-electron chi connectivity index (χ0n) is 12.5. The molecule has 0 saturated carbocycles. The number of hydrogen-bond donors (Lipinski definition) is 0. The van der Waals surface area contributed by atoms with E-state index >= 15 is 0 Å². The van der Waals surface area contributed by atoms with Crippen molar-refractivity contribution in [1.29, 1.82) is 0 Å². The highest BCUT2D eigenvalue weighted by molar-refractivity contribution is 7.91. The van der Waals surface area contributed by atoms with Gasteiger partial charge >= 0.3 is 0 Å². The molecule has 0 aromatic rings. The fraction of sp³-hybridized carbons (Fsp3) is 0.917. The molecule has 0 N–H and O–H groups in total. The van der Waals surface area contributed by atoms with Crippen LogP contribution in [0.2, 0.25) is 18.1 Å². The van der Waals surface area contributed by atoms with Gasteiger partial charge in [-0.1, -0.05) is 25.2 Å². The van der Waals surface area contributed by atoms with Crippen molar-refractivity contribution in [1.82, 2.24) is 0 Å². The highest BCUT2D eigenvalue weighted by Crippen LogP contribution is 2.36. The summed E-state index contributed by atoms with van der Waals surface area (Å²) in [6.45, 7) is 17.2. The van der Waals surface area contributed by atoms with Gasteiger partial charge in [-0.15, -0.1) is 0 Å². The van der Waals surface area contributed by atoms with Crippen molar-refractivity contribution in [3.63, 3.8) is 0 Å². The van der Waals surface area contributed by atoms with E-state index in [4.69, 9.17) is 4.43 Å². The van der Waals surface area contributed by atoms with Gasteiger partial charge in [0.25, 0.3) is 0 Å². The molecule has 0 bridgehead atoms. The first-order valence-electron chi connectivity index (χ1n) is 5.96. The third-order valence-corrected chi connectivity index (χ3v) is 8.91. The Kier molecular flexibility index (Phi) is 5.92. The second kappa shape index (κ2) is 5.86. The number of rotatable bonds is 4. The van der Waals surface area contributed by atoms with E-state index in [1.165, 1.54) is 0 Å². The quantitative estimate of drug-likeness (QED) is 0.448. The van der Waals surface area contributed by atoms with Crippen molar-refractivity contribution in [2.45, 2.75) is 64.4 Å². The molecule has 0 rings (SSSR count). The average molecular weight is 278 g/mol. The summed E-state index contributed by atoms with van der Waals surface area (Å²) in [5, 5.41) is 0.198. The molecule has 0 saturated heterocycles. The summed E-state index contributed by atoms with van der Waals surface area (Å²) in [7, 11) is -1.71. The van der Waals surface area contributed by atoms with Gasteiger partial charge < -0.3 is 8.98 Å². The highest BCUT2D eigenvalue weighted by atomic mass is 32.2. The Morgan fingerprint density at radius 3 is 2.00 bits per heavy atom. The van der Waals surface area contributed by atoms with E-state index in [0.29, 0.717) is 6.61 Å². The predicted octanol–water partition coefficient (Wildman–Crippen LogP) is 3.54. The van der Waals surface area contributed by atoms with Crippen LogP contribution in [0.3, 0.4) is 0 Å². The summed E-state index contributed by atoms with van der Waals surface area (Å²) in [5.74, 6) is 0. The molecule has 3 nitrogen and oxygen atoms in total. The third-order valence-electron chi connectivity index (χ3n) is 3.02. The Balaban J connectivity index is 4.22. The highest BCUT2D eigenvalue weighted by Gasteiger charge is 2.36. The van der Waals surface area contributed by atoms with E-state index in [0.717, 1.165) is 0 Å². The molecule has 0 aliphatic heterocycles. The van der Waals surface area contributed by atoms with Crippen LogP contribution in [-0.4, -0.2) is 30.4 Å². The Morgan fingerprint density at radius 2 is 1.65 bits per heavy atom. The maximum Gasteiger partial charge on any atom is 0.192 e. The first-order valence-corrected chi connectivity index (χ1v) is 9.98. The van der Waals surface area contributed by atoms with Gasteiger partial charge in [0.1, 0.15) is 16.1 Å². The largest absolute Gasteiger partial charge is 0.591 e. The SMILES string of the molecule is CC(C)(C)[S@@+]([O-])/N=C\CO[Si](C)(C)C(C)(C)C. The molecule has 0 radical (unpaired) electrons. The Morgan fingerprint density at radius 1 is 1.18 bits per heavy atom. The second-order valence-electron chi connectivity index (χ2n) is 6.72. The molecule has 102 valence electrons. The fourth-order valence-electron chi connectivity index (χ4n) is 0.718. The van der Waals surface area contributed by atoms with Crippen LogP contribution in [0.1, 0.15) is 41.5 Å². The topological polar surface area (TPSA) is 44.7 Å². The summed E-state index contributed by atoms with van der Waals surface area (Å²) < 4.78 is 21.3. The van der Waals surface area contributed by atoms with E-state index in [2.05, 4.69) is 38.3 Å². The average Bonchev–Trinajstić information content (AvgIpc) is 2.08. The monoisotopic (exact) mass is 277 g/mol. The van der Waals surface area contributed by atoms with Crippen LogP contribution in [0.5, 0.6) is 0 Å². The van der Waals surface area contributed by atoms with Crippen molar-refractivity contribution < 1.29 is 8.98 Å². The van der Waals surface area contributed by atoms with Gasteiger partial charge in [-0.3, -0.25) is 0 Å². The number of nitrogens with zero attached hydrogens (tertiary/aromatic N) is 1. The van der Waals surface area contributed by atoms with Gasteiger partial charge in [-0.05, 0) is 38.9 Å². The molecule has 0 unspecified atom stereocenters. The molecule has 0 fully saturated rings. The van der Waals surface area contributed by atoms with Gasteiger partial charge in [-0.2, -0.15) is 0 Å². The van der Waals surface area contributed by atoms with E-state index in [1.54, 1.807) is 6.21 Å². The Hall–Kier alpha value is 0.157. The minimum Gasteiger partial charge on any atom is -0.591 e. The molecule has 0 amide bonds. The summed E-state index contributed by atoms with van der Waals surface area (Å²) in [6.07, 6.45) is 1.64. The van der Waals surface area contributed by atoms with Gasteiger partial charge in [-0.25, -0.2) is 0 Å². The third kappa shape index (κ3) is 6.04. The van der Waals surface area contributed by atoms with Crippen molar-refractivity contribution in [2.24, 2.45) is 4.40 Å². The van der Waals surface area contributed by atoms with Crippen molar-refractivity contribution in [3.8, 4) is 0 Å². The van der Waals surface area contributed by atoms with E-state index in [9.17, 15) is 4.55 Å². The second-order valence-corrected chi connectivity index (χ2v) is 13.5. The van der Waals surface area contributed by atoms with Gasteiger partial charge in [0.05, 0.1) is 12.8 Å². The molecule has 0 aromatic heterocycles. The zero-order valence-corrected chi connectivity index (χ0v) is 14.3. The minimum atomic E-state index is -1.71. The van der Waals surface area contributed by atoms with Crippen LogP contribution < -0.4 is 0 Å². The summed E-state index contributed by atoms with van der Waals surface area (Å²) in [5.41, 5.74) is 0. The van der Waals surface area contributed by atoms with Crippen LogP contribution in [0.4, 0.5) is 0 Å². The first kappa shape index (κ1) is 17.2. The maximum absolute atomic E-state index is 11.7. The van der Waals surface area contributed by atoms with Crippen molar-refractivity contribution in [3.05, 3.63) is 0 Å². The molecule has 0 aliphatic carbocycles. The maximum atomic E-state index is 11.7. The lowest BCUT2D eigenvalue weighted by molar-refractivity contribution is 0.343. The van der Waals surface area contributed by atoms with Crippen molar-refractivity contribution >= 4 is 25.9 Å². The van der Waals surface area contributed by atoms with Crippen LogP contribution >= 0.6 is 0 Å². The molecule has 17 heavy (non-hydrogen) atoms. The molecule has 1 atom stereocenters. The minimum absolute atomic E-state index is 0.198. The Labute approximate surface area is 110 Å². The molecule has 0 spiro atoms. The van der Waals surface area contributed by atoms with Gasteiger partial charge in [0.15, 0.2) is 8.32 Å².